The summed E-state index contributed by atoms with van der Waals surface area (Å²) in [6, 6.07) is 11.5. The van der Waals surface area contributed by atoms with Crippen LogP contribution in [0.2, 0.25) is 0 Å². The van der Waals surface area contributed by atoms with E-state index in [1.54, 1.807) is 7.11 Å². The van der Waals surface area contributed by atoms with Gasteiger partial charge in [-0.25, -0.2) is 0 Å². The van der Waals surface area contributed by atoms with Gasteiger partial charge in [0.1, 0.15) is 5.75 Å². The number of hydrogen-bond donors (Lipinski definition) is 0. The summed E-state index contributed by atoms with van der Waals surface area (Å²) in [5.74, 6) is 3.73. The molecule has 2 aromatic carbocycles. The highest BCUT2D eigenvalue weighted by Gasteiger charge is 2.53. The Morgan fingerprint density at radius 2 is 1.56 bits per heavy atom. The van der Waals surface area contributed by atoms with E-state index in [1.165, 1.54) is 66.3 Å². The van der Waals surface area contributed by atoms with Gasteiger partial charge in [-0.1, -0.05) is 54.9 Å². The first-order valence-electron chi connectivity index (χ1n) is 12.3. The van der Waals surface area contributed by atoms with Gasteiger partial charge in [0.05, 0.1) is 0 Å². The summed E-state index contributed by atoms with van der Waals surface area (Å²) in [5, 5.41) is 0. The molecule has 3 heteroatoms. The second-order valence-corrected chi connectivity index (χ2v) is 12.7. The van der Waals surface area contributed by atoms with Gasteiger partial charge in [-0.05, 0) is 103 Å². The number of hydrogen-bond acceptors (Lipinski definition) is 2. The van der Waals surface area contributed by atoms with E-state index in [0.29, 0.717) is 0 Å². The van der Waals surface area contributed by atoms with Crippen LogP contribution < -0.4 is 4.74 Å². The van der Waals surface area contributed by atoms with Crippen LogP contribution >= 0.6 is 15.9 Å². The third-order valence-corrected chi connectivity index (χ3v) is 8.96. The highest BCUT2D eigenvalue weighted by Crippen LogP contribution is 2.63. The van der Waals surface area contributed by atoms with E-state index in [0.717, 1.165) is 28.0 Å². The molecule has 6 rings (SSSR count). The fourth-order valence-electron chi connectivity index (χ4n) is 7.21. The maximum absolute atomic E-state index is 6.47. The normalized spacial score (nSPS) is 28.9. The van der Waals surface area contributed by atoms with Gasteiger partial charge in [0, 0.05) is 22.7 Å². The molecular weight excluding hydrogens is 460 g/mol. The largest absolute Gasteiger partial charge is 0.467 e. The Kier molecular flexibility index (Phi) is 5.73. The topological polar surface area (TPSA) is 18.5 Å². The van der Waals surface area contributed by atoms with Crippen LogP contribution in [0.5, 0.6) is 5.75 Å². The zero-order valence-corrected chi connectivity index (χ0v) is 21.8. The zero-order valence-electron chi connectivity index (χ0n) is 20.3. The predicted molar refractivity (Wildman–Crippen MR) is 135 cm³/mol. The predicted octanol–water partition coefficient (Wildman–Crippen LogP) is 8.17. The average Bonchev–Trinajstić information content (AvgIpc) is 2.70. The third kappa shape index (κ3) is 3.94. The minimum absolute atomic E-state index is 0.0722. The first-order valence-corrected chi connectivity index (χ1v) is 13.0. The molecule has 0 atom stereocenters. The highest BCUT2D eigenvalue weighted by atomic mass is 79.9. The molecule has 4 aliphatic rings. The lowest BCUT2D eigenvalue weighted by molar-refractivity contribution is -0.00881. The first-order chi connectivity index (χ1) is 15.2. The summed E-state index contributed by atoms with van der Waals surface area (Å²) in [4.78, 5) is 0. The van der Waals surface area contributed by atoms with Crippen molar-refractivity contribution in [3.05, 3.63) is 51.5 Å². The molecule has 32 heavy (non-hydrogen) atoms. The van der Waals surface area contributed by atoms with E-state index in [-0.39, 0.29) is 17.6 Å². The quantitative estimate of drug-likeness (QED) is 0.388. The molecule has 0 aliphatic heterocycles. The van der Waals surface area contributed by atoms with Crippen molar-refractivity contribution in [2.24, 2.45) is 17.8 Å². The molecule has 0 N–H and O–H groups in total. The van der Waals surface area contributed by atoms with E-state index in [2.05, 4.69) is 74.0 Å². The molecule has 0 unspecified atom stereocenters. The summed E-state index contributed by atoms with van der Waals surface area (Å²) in [6.07, 6.45) is 8.31. The minimum Gasteiger partial charge on any atom is -0.467 e. The van der Waals surface area contributed by atoms with Crippen molar-refractivity contribution in [3.8, 4) is 16.9 Å². The molecule has 2 aromatic rings. The summed E-state index contributed by atoms with van der Waals surface area (Å²) < 4.78 is 13.0. The summed E-state index contributed by atoms with van der Waals surface area (Å²) >= 11 is 3.86. The van der Waals surface area contributed by atoms with Crippen LogP contribution in [0.3, 0.4) is 0 Å². The monoisotopic (exact) mass is 496 g/mol. The Bertz CT molecular complexity index is 981. The number of methoxy groups -OCH3 is 1. The van der Waals surface area contributed by atoms with Crippen molar-refractivity contribution in [2.75, 3.05) is 13.9 Å². The summed E-state index contributed by atoms with van der Waals surface area (Å²) in [5.41, 5.74) is 6.84. The lowest BCUT2D eigenvalue weighted by atomic mass is 9.47. The lowest BCUT2D eigenvalue weighted by Crippen LogP contribution is -2.48. The maximum atomic E-state index is 6.47. The van der Waals surface area contributed by atoms with Crippen LogP contribution in [-0.2, 0) is 15.6 Å². The molecule has 0 amide bonds. The molecule has 0 spiro atoms. The van der Waals surface area contributed by atoms with Gasteiger partial charge >= 0.3 is 0 Å². The number of benzene rings is 2. The smallest absolute Gasteiger partial charge is 0.188 e. The van der Waals surface area contributed by atoms with Crippen LogP contribution in [0.15, 0.2) is 34.8 Å². The van der Waals surface area contributed by atoms with E-state index in [9.17, 15) is 0 Å². The molecule has 172 valence electrons. The zero-order chi connectivity index (χ0) is 22.7. The van der Waals surface area contributed by atoms with Gasteiger partial charge in [-0.15, -0.1) is 0 Å². The van der Waals surface area contributed by atoms with Gasteiger partial charge in [0.2, 0.25) is 0 Å². The lowest BCUT2D eigenvalue weighted by Gasteiger charge is -2.57. The Balaban J connectivity index is 1.75. The van der Waals surface area contributed by atoms with Crippen LogP contribution in [0.4, 0.5) is 0 Å². The molecular formula is C29H37BrO2. The van der Waals surface area contributed by atoms with E-state index in [4.69, 9.17) is 9.47 Å². The van der Waals surface area contributed by atoms with Gasteiger partial charge in [0.25, 0.3) is 0 Å². The summed E-state index contributed by atoms with van der Waals surface area (Å²) in [6.45, 7) is 9.41. The molecule has 2 nitrogen and oxygen atoms in total. The van der Waals surface area contributed by atoms with Crippen LogP contribution in [0.25, 0.3) is 11.1 Å². The van der Waals surface area contributed by atoms with Crippen molar-refractivity contribution >= 4 is 15.9 Å². The fourth-order valence-corrected chi connectivity index (χ4v) is 7.92. The number of rotatable bonds is 5. The Morgan fingerprint density at radius 1 is 0.938 bits per heavy atom. The van der Waals surface area contributed by atoms with E-state index >= 15 is 0 Å². The third-order valence-electron chi connectivity index (χ3n) is 8.30. The number of halogens is 1. The van der Waals surface area contributed by atoms with Crippen molar-refractivity contribution < 1.29 is 9.47 Å². The Morgan fingerprint density at radius 3 is 2.09 bits per heavy atom. The average molecular weight is 498 g/mol. The fraction of sp³-hybridized carbons (Fsp3) is 0.586. The molecule has 0 heterocycles. The SMILES string of the molecule is COCOc1c(-c2ccc(C)cc2Br)cc(C(C)(C)C)cc1C12CC3CC(CC(C3)C1)C2. The Hall–Kier alpha value is -1.32. The second-order valence-electron chi connectivity index (χ2n) is 11.9. The van der Waals surface area contributed by atoms with Gasteiger partial charge in [-0.2, -0.15) is 0 Å². The first kappa shape index (κ1) is 22.5. The van der Waals surface area contributed by atoms with Crippen LogP contribution in [0.1, 0.15) is 76.0 Å². The van der Waals surface area contributed by atoms with Gasteiger partial charge in [-0.3, -0.25) is 0 Å². The summed E-state index contributed by atoms with van der Waals surface area (Å²) in [7, 11) is 1.72. The van der Waals surface area contributed by atoms with Crippen molar-refractivity contribution in [3.63, 3.8) is 0 Å². The van der Waals surface area contributed by atoms with Crippen LogP contribution in [0, 0.1) is 24.7 Å². The molecule has 0 radical (unpaired) electrons. The highest BCUT2D eigenvalue weighted by molar-refractivity contribution is 9.10. The molecule has 4 saturated carbocycles. The second kappa shape index (κ2) is 8.17. The van der Waals surface area contributed by atoms with E-state index < -0.39 is 0 Å². The minimum atomic E-state index is 0.0722. The van der Waals surface area contributed by atoms with Crippen molar-refractivity contribution in [2.45, 2.75) is 77.0 Å². The maximum Gasteiger partial charge on any atom is 0.188 e. The molecule has 4 aliphatic carbocycles. The molecule has 4 fully saturated rings. The van der Waals surface area contributed by atoms with E-state index in [1.807, 2.05) is 0 Å². The van der Waals surface area contributed by atoms with Crippen LogP contribution in [-0.4, -0.2) is 13.9 Å². The number of ether oxygens (including phenoxy) is 2. The number of aryl methyl sites for hydroxylation is 1. The van der Waals surface area contributed by atoms with Gasteiger partial charge < -0.3 is 9.47 Å². The molecule has 4 bridgehead atoms. The molecule has 0 aromatic heterocycles. The van der Waals surface area contributed by atoms with Crippen molar-refractivity contribution in [1.82, 2.24) is 0 Å². The molecule has 0 saturated heterocycles. The standard InChI is InChI=1S/C29H37BrO2/c1-18-6-7-23(26(30)8-18)24-12-22(28(2,3)4)13-25(27(24)32-17-31-5)29-14-19-9-20(15-29)11-21(10-19)16-29/h6-8,12-13,19-21H,9-11,14-17H2,1-5H3. The van der Waals surface area contributed by atoms with Crippen molar-refractivity contribution in [1.29, 1.82) is 0 Å². The Labute approximate surface area is 202 Å². The van der Waals surface area contributed by atoms with Gasteiger partial charge in [0.15, 0.2) is 6.79 Å².